The van der Waals surface area contributed by atoms with Gasteiger partial charge in [-0.05, 0) is 24.3 Å². The molecule has 3 N–H and O–H groups in total. The lowest BCUT2D eigenvalue weighted by Crippen LogP contribution is -2.11. The molecule has 204 valence electrons. The van der Waals surface area contributed by atoms with E-state index < -0.39 is 0 Å². The Morgan fingerprint density at radius 2 is 1.63 bits per heavy atom. The zero-order valence-corrected chi connectivity index (χ0v) is 25.2. The minimum Gasteiger partial charge on any atom is -0.493 e. The van der Waals surface area contributed by atoms with Crippen LogP contribution in [0.2, 0.25) is 0 Å². The van der Waals surface area contributed by atoms with Crippen molar-refractivity contribution in [3.05, 3.63) is 93.6 Å². The van der Waals surface area contributed by atoms with Gasteiger partial charge in [-0.3, -0.25) is 10.1 Å². The van der Waals surface area contributed by atoms with Crippen LogP contribution in [0.1, 0.15) is 9.67 Å². The molecule has 0 saturated heterocycles. The van der Waals surface area contributed by atoms with E-state index in [1.807, 2.05) is 84.2 Å². The number of rotatable bonds is 7. The summed E-state index contributed by atoms with van der Waals surface area (Å²) in [4.78, 5) is 24.1. The van der Waals surface area contributed by atoms with E-state index in [4.69, 9.17) is 20.2 Å². The highest BCUT2D eigenvalue weighted by atomic mass is 79.9. The Kier molecular flexibility index (Phi) is 7.44. The molecule has 0 aliphatic rings. The summed E-state index contributed by atoms with van der Waals surface area (Å²) in [6.45, 7) is 0. The lowest BCUT2D eigenvalue weighted by Gasteiger charge is -2.15. The van der Waals surface area contributed by atoms with Crippen molar-refractivity contribution in [2.45, 2.75) is 0 Å². The van der Waals surface area contributed by atoms with Crippen LogP contribution in [0.5, 0.6) is 11.5 Å². The van der Waals surface area contributed by atoms with Crippen LogP contribution in [0, 0.1) is 0 Å². The second-order valence-electron chi connectivity index (χ2n) is 8.99. The van der Waals surface area contributed by atoms with Crippen molar-refractivity contribution >= 4 is 65.5 Å². The molecule has 10 heteroatoms. The van der Waals surface area contributed by atoms with Crippen molar-refractivity contribution in [1.82, 2.24) is 9.97 Å². The fourth-order valence-corrected chi connectivity index (χ4v) is 6.59. The molecular formula is C31H23BrN4O3S2. The number of nitrogens with one attached hydrogen (secondary N) is 1. The average molecular weight is 644 g/mol. The number of pyridine rings is 1. The molecule has 0 unspecified atom stereocenters. The number of aromatic nitrogens is 2. The number of nitrogens with zero attached hydrogens (tertiary/aromatic N) is 2. The Bertz CT molecular complexity index is 1890. The number of nitrogens with two attached hydrogens (primary N) is 1. The van der Waals surface area contributed by atoms with Gasteiger partial charge in [0.25, 0.3) is 5.91 Å². The smallest absolute Gasteiger partial charge is 0.269 e. The number of hydrogen-bond acceptors (Lipinski definition) is 8. The van der Waals surface area contributed by atoms with Crippen molar-refractivity contribution in [2.75, 3.05) is 25.3 Å². The first-order chi connectivity index (χ1) is 20.0. The number of ether oxygens (including phenoxy) is 2. The molecule has 6 rings (SSSR count). The predicted molar refractivity (Wildman–Crippen MR) is 171 cm³/mol. The number of hydrogen-bond donors (Lipinski definition) is 2. The summed E-state index contributed by atoms with van der Waals surface area (Å²) in [7, 11) is 3.20. The van der Waals surface area contributed by atoms with E-state index in [9.17, 15) is 4.79 Å². The van der Waals surface area contributed by atoms with Gasteiger partial charge in [-0.2, -0.15) is 0 Å². The van der Waals surface area contributed by atoms with Crippen LogP contribution < -0.4 is 20.5 Å². The number of fused-ring (bicyclic) bond motifs is 1. The Hall–Kier alpha value is -4.25. The summed E-state index contributed by atoms with van der Waals surface area (Å²) in [5, 5.41) is 6.00. The summed E-state index contributed by atoms with van der Waals surface area (Å²) in [5.41, 5.74) is 12.1. The molecule has 7 nitrogen and oxygen atoms in total. The maximum Gasteiger partial charge on any atom is 0.269 e. The summed E-state index contributed by atoms with van der Waals surface area (Å²) >= 11 is 6.06. The molecule has 3 aromatic heterocycles. The van der Waals surface area contributed by atoms with Crippen LogP contribution in [0.15, 0.2) is 88.7 Å². The molecule has 0 atom stereocenters. The molecule has 0 aliphatic heterocycles. The first kappa shape index (κ1) is 26.9. The fraction of sp³-hybridized carbons (Fsp3) is 0.0645. The zero-order chi connectivity index (χ0) is 28.5. The Balaban J connectivity index is 1.45. The van der Waals surface area contributed by atoms with Gasteiger partial charge in [0.1, 0.15) is 9.71 Å². The molecule has 41 heavy (non-hydrogen) atoms. The van der Waals surface area contributed by atoms with Gasteiger partial charge in [0, 0.05) is 37.5 Å². The van der Waals surface area contributed by atoms with Gasteiger partial charge >= 0.3 is 0 Å². The van der Waals surface area contributed by atoms with Crippen LogP contribution in [0.4, 0.5) is 10.8 Å². The predicted octanol–water partition coefficient (Wildman–Crippen LogP) is 8.37. The molecule has 0 spiro atoms. The highest BCUT2D eigenvalue weighted by Gasteiger charge is 2.24. The third kappa shape index (κ3) is 5.17. The maximum absolute atomic E-state index is 13.5. The second-order valence-corrected chi connectivity index (χ2v) is 11.8. The SMILES string of the molecule is COc1cccc(-c2cc(-c3ccccc3)nc3sc(C(=O)Nc4nc(-c5ccc(Br)cc5)cs4)c(N)c23)c1OC. The van der Waals surface area contributed by atoms with E-state index in [-0.39, 0.29) is 5.91 Å². The van der Waals surface area contributed by atoms with E-state index in [1.54, 1.807) is 14.2 Å². The third-order valence-electron chi connectivity index (χ3n) is 6.53. The van der Waals surface area contributed by atoms with Gasteiger partial charge in [-0.25, -0.2) is 9.97 Å². The summed E-state index contributed by atoms with van der Waals surface area (Å²) in [6.07, 6.45) is 0. The number of anilines is 2. The first-order valence-electron chi connectivity index (χ1n) is 12.5. The molecule has 0 saturated carbocycles. The lowest BCUT2D eigenvalue weighted by molar-refractivity contribution is 0.103. The lowest BCUT2D eigenvalue weighted by atomic mass is 9.98. The van der Waals surface area contributed by atoms with E-state index in [0.717, 1.165) is 38.1 Å². The number of nitrogen functional groups attached to an aromatic ring is 1. The molecule has 0 bridgehead atoms. The van der Waals surface area contributed by atoms with E-state index >= 15 is 0 Å². The number of thiophene rings is 1. The molecule has 3 aromatic carbocycles. The number of benzene rings is 3. The summed E-state index contributed by atoms with van der Waals surface area (Å²) in [5.74, 6) is 0.821. The molecular weight excluding hydrogens is 620 g/mol. The number of halogens is 1. The van der Waals surface area contributed by atoms with Crippen LogP contribution >= 0.6 is 38.6 Å². The fourth-order valence-electron chi connectivity index (χ4n) is 4.60. The second kappa shape index (κ2) is 11.3. The normalized spacial score (nSPS) is 11.0. The molecule has 0 aliphatic carbocycles. The van der Waals surface area contributed by atoms with Crippen molar-refractivity contribution in [3.8, 4) is 45.1 Å². The quantitative estimate of drug-likeness (QED) is 0.181. The molecule has 0 radical (unpaired) electrons. The number of amides is 1. The highest BCUT2D eigenvalue weighted by Crippen LogP contribution is 2.46. The Labute approximate surface area is 252 Å². The summed E-state index contributed by atoms with van der Waals surface area (Å²) < 4.78 is 12.3. The average Bonchev–Trinajstić information content (AvgIpc) is 3.61. The minimum atomic E-state index is -0.341. The monoisotopic (exact) mass is 642 g/mol. The van der Waals surface area contributed by atoms with E-state index in [0.29, 0.717) is 37.4 Å². The third-order valence-corrected chi connectivity index (χ3v) is 8.92. The number of methoxy groups -OCH3 is 2. The van der Waals surface area contributed by atoms with Crippen molar-refractivity contribution in [2.24, 2.45) is 0 Å². The van der Waals surface area contributed by atoms with Crippen molar-refractivity contribution in [1.29, 1.82) is 0 Å². The molecule has 3 heterocycles. The van der Waals surface area contributed by atoms with Gasteiger partial charge in [0.05, 0.1) is 31.3 Å². The van der Waals surface area contributed by atoms with Gasteiger partial charge < -0.3 is 15.2 Å². The molecule has 6 aromatic rings. The maximum atomic E-state index is 13.5. The van der Waals surface area contributed by atoms with Gasteiger partial charge in [0.2, 0.25) is 0 Å². The minimum absolute atomic E-state index is 0.341. The largest absolute Gasteiger partial charge is 0.493 e. The molecule has 0 fully saturated rings. The van der Waals surface area contributed by atoms with Crippen LogP contribution in [-0.2, 0) is 0 Å². The van der Waals surface area contributed by atoms with E-state index in [1.165, 1.54) is 22.7 Å². The standard InChI is InChI=1S/C31H23BrN4O3S2/c1-38-24-10-6-9-20(27(24)39-2)21-15-22(17-7-4-3-5-8-17)34-30-25(21)26(33)28(41-30)29(37)36-31-35-23(16-40-31)18-11-13-19(32)14-12-18/h3-16H,33H2,1-2H3,(H,35,36,37). The Morgan fingerprint density at radius 3 is 2.37 bits per heavy atom. The van der Waals surface area contributed by atoms with Crippen LogP contribution in [-0.4, -0.2) is 30.1 Å². The number of carbonyl (C=O) groups excluding carboxylic acids is 1. The van der Waals surface area contributed by atoms with Crippen LogP contribution in [0.25, 0.3) is 43.9 Å². The number of carbonyl (C=O) groups is 1. The topological polar surface area (TPSA) is 99.4 Å². The van der Waals surface area contributed by atoms with Crippen molar-refractivity contribution in [3.63, 3.8) is 0 Å². The van der Waals surface area contributed by atoms with Crippen molar-refractivity contribution < 1.29 is 14.3 Å². The van der Waals surface area contributed by atoms with Gasteiger partial charge in [0.15, 0.2) is 16.6 Å². The molecule has 1 amide bonds. The Morgan fingerprint density at radius 1 is 0.878 bits per heavy atom. The highest BCUT2D eigenvalue weighted by molar-refractivity contribution is 9.10. The zero-order valence-electron chi connectivity index (χ0n) is 22.0. The number of thiazole rings is 1. The summed E-state index contributed by atoms with van der Waals surface area (Å²) in [6, 6.07) is 25.4. The number of para-hydroxylation sites is 1. The first-order valence-corrected chi connectivity index (χ1v) is 15.0. The van der Waals surface area contributed by atoms with Gasteiger partial charge in [-0.15, -0.1) is 22.7 Å². The van der Waals surface area contributed by atoms with Gasteiger partial charge in [-0.1, -0.05) is 70.5 Å². The van der Waals surface area contributed by atoms with Crippen LogP contribution in [0.3, 0.4) is 0 Å². The van der Waals surface area contributed by atoms with E-state index in [2.05, 4.69) is 26.2 Å².